The molecule has 0 radical (unpaired) electrons. The van der Waals surface area contributed by atoms with E-state index in [-0.39, 0.29) is 24.1 Å². The molecular formula is C20H22ClF3N2O3. The topological polar surface area (TPSA) is 59.6 Å². The number of alkyl halides is 3. The van der Waals surface area contributed by atoms with Crippen LogP contribution in [0.15, 0.2) is 48.5 Å². The van der Waals surface area contributed by atoms with Gasteiger partial charge in [0.2, 0.25) is 0 Å². The summed E-state index contributed by atoms with van der Waals surface area (Å²) in [6, 6.07) is 11.1. The summed E-state index contributed by atoms with van der Waals surface area (Å²) in [4.78, 5) is 12.6. The Labute approximate surface area is 173 Å². The molecular weight excluding hydrogens is 409 g/mol. The molecule has 158 valence electrons. The van der Waals surface area contributed by atoms with Gasteiger partial charge < -0.3 is 20.1 Å². The number of methoxy groups -OCH3 is 1. The standard InChI is InChI=1S/C20H21F3N2O3.ClH/c1-27-19(9-11-24-12-10-19)18(26)25-15-5-7-16(8-6-15)28-17-4-2-3-14(13-17)20(21,22)23;/h2-8,13,24H,9-12H2,1H3,(H,25,26);1H. The van der Waals surface area contributed by atoms with E-state index in [9.17, 15) is 18.0 Å². The lowest BCUT2D eigenvalue weighted by molar-refractivity contribution is -0.140. The number of nitrogens with one attached hydrogen (secondary N) is 2. The van der Waals surface area contributed by atoms with Crippen LogP contribution in [0.3, 0.4) is 0 Å². The summed E-state index contributed by atoms with van der Waals surface area (Å²) < 4.78 is 49.3. The van der Waals surface area contributed by atoms with Crippen molar-refractivity contribution in [1.82, 2.24) is 5.32 Å². The van der Waals surface area contributed by atoms with Crippen LogP contribution in [-0.4, -0.2) is 31.7 Å². The number of rotatable bonds is 5. The Morgan fingerprint density at radius 2 is 1.72 bits per heavy atom. The fourth-order valence-electron chi connectivity index (χ4n) is 3.08. The second-order valence-corrected chi connectivity index (χ2v) is 6.55. The zero-order chi connectivity index (χ0) is 20.2. The minimum atomic E-state index is -4.43. The van der Waals surface area contributed by atoms with Crippen molar-refractivity contribution in [3.63, 3.8) is 0 Å². The van der Waals surface area contributed by atoms with Gasteiger partial charge in [-0.05, 0) is 68.4 Å². The Hall–Kier alpha value is -2.29. The van der Waals surface area contributed by atoms with Gasteiger partial charge in [0.15, 0.2) is 0 Å². The molecule has 1 aliphatic rings. The molecule has 29 heavy (non-hydrogen) atoms. The number of amides is 1. The molecule has 0 aliphatic carbocycles. The van der Waals surface area contributed by atoms with Gasteiger partial charge >= 0.3 is 6.18 Å². The van der Waals surface area contributed by atoms with Crippen molar-refractivity contribution >= 4 is 24.0 Å². The number of benzene rings is 2. The smallest absolute Gasteiger partial charge is 0.416 e. The third-order valence-corrected chi connectivity index (χ3v) is 4.73. The fraction of sp³-hybridized carbons (Fsp3) is 0.350. The van der Waals surface area contributed by atoms with Crippen LogP contribution in [0.25, 0.3) is 0 Å². The van der Waals surface area contributed by atoms with E-state index >= 15 is 0 Å². The van der Waals surface area contributed by atoms with Gasteiger partial charge in [-0.3, -0.25) is 4.79 Å². The van der Waals surface area contributed by atoms with Crippen LogP contribution in [0, 0.1) is 0 Å². The van der Waals surface area contributed by atoms with Gasteiger partial charge in [0.1, 0.15) is 17.1 Å². The van der Waals surface area contributed by atoms with Crippen LogP contribution in [-0.2, 0) is 15.7 Å². The first-order chi connectivity index (χ1) is 13.3. The molecule has 9 heteroatoms. The van der Waals surface area contributed by atoms with E-state index in [4.69, 9.17) is 9.47 Å². The minimum Gasteiger partial charge on any atom is -0.457 e. The number of halogens is 4. The maximum atomic E-state index is 12.8. The van der Waals surface area contributed by atoms with Crippen LogP contribution in [0.5, 0.6) is 11.5 Å². The summed E-state index contributed by atoms with van der Waals surface area (Å²) in [7, 11) is 1.52. The molecule has 0 spiro atoms. The van der Waals surface area contributed by atoms with Crippen LogP contribution >= 0.6 is 12.4 Å². The number of hydrogen-bond acceptors (Lipinski definition) is 4. The predicted octanol–water partition coefficient (Wildman–Crippen LogP) is 4.63. The molecule has 5 nitrogen and oxygen atoms in total. The molecule has 2 aromatic rings. The van der Waals surface area contributed by atoms with Crippen LogP contribution < -0.4 is 15.4 Å². The monoisotopic (exact) mass is 430 g/mol. The highest BCUT2D eigenvalue weighted by atomic mass is 35.5. The highest BCUT2D eigenvalue weighted by molar-refractivity contribution is 5.97. The van der Waals surface area contributed by atoms with Crippen molar-refractivity contribution < 1.29 is 27.4 Å². The van der Waals surface area contributed by atoms with Gasteiger partial charge in [-0.15, -0.1) is 12.4 Å². The maximum Gasteiger partial charge on any atom is 0.416 e. The number of anilines is 1. The Morgan fingerprint density at radius 3 is 2.31 bits per heavy atom. The fourth-order valence-corrected chi connectivity index (χ4v) is 3.08. The van der Waals surface area contributed by atoms with E-state index in [2.05, 4.69) is 10.6 Å². The SMILES string of the molecule is COC1(C(=O)Nc2ccc(Oc3cccc(C(F)(F)F)c3)cc2)CCNCC1.Cl. The third kappa shape index (κ3) is 5.62. The number of piperidine rings is 1. The summed E-state index contributed by atoms with van der Waals surface area (Å²) in [5.74, 6) is 0.225. The number of carbonyl (C=O) groups is 1. The average molecular weight is 431 g/mol. The number of hydrogen-bond donors (Lipinski definition) is 2. The van der Waals surface area contributed by atoms with Gasteiger partial charge in [0.05, 0.1) is 5.56 Å². The minimum absolute atomic E-state index is 0. The molecule has 0 bridgehead atoms. The lowest BCUT2D eigenvalue weighted by atomic mass is 9.91. The summed E-state index contributed by atoms with van der Waals surface area (Å²) in [6.45, 7) is 1.40. The molecule has 0 saturated carbocycles. The second kappa shape index (κ2) is 9.47. The maximum absolute atomic E-state index is 12.8. The highest BCUT2D eigenvalue weighted by Gasteiger charge is 2.39. The Bertz CT molecular complexity index is 822. The summed E-state index contributed by atoms with van der Waals surface area (Å²) in [5, 5.41) is 6.02. The van der Waals surface area contributed by atoms with Crippen LogP contribution in [0.1, 0.15) is 18.4 Å². The molecule has 2 aromatic carbocycles. The van der Waals surface area contributed by atoms with E-state index in [1.807, 2.05) is 0 Å². The number of ether oxygens (including phenoxy) is 2. The van der Waals surface area contributed by atoms with Gasteiger partial charge in [0.25, 0.3) is 5.91 Å². The van der Waals surface area contributed by atoms with E-state index in [0.717, 1.165) is 12.1 Å². The zero-order valence-electron chi connectivity index (χ0n) is 15.7. The van der Waals surface area contributed by atoms with Gasteiger partial charge in [0, 0.05) is 12.8 Å². The molecule has 1 saturated heterocycles. The predicted molar refractivity (Wildman–Crippen MR) is 106 cm³/mol. The first kappa shape index (κ1) is 23.0. The molecule has 2 N–H and O–H groups in total. The van der Waals surface area contributed by atoms with Gasteiger partial charge in [-0.1, -0.05) is 6.07 Å². The van der Waals surface area contributed by atoms with E-state index < -0.39 is 17.3 Å². The normalized spacial score (nSPS) is 15.9. The number of carbonyl (C=O) groups excluding carboxylic acids is 1. The van der Waals surface area contributed by atoms with Crippen molar-refractivity contribution in [2.75, 3.05) is 25.5 Å². The van der Waals surface area contributed by atoms with E-state index in [0.29, 0.717) is 37.4 Å². The summed E-state index contributed by atoms with van der Waals surface area (Å²) >= 11 is 0. The van der Waals surface area contributed by atoms with Crippen molar-refractivity contribution in [2.45, 2.75) is 24.6 Å². The summed E-state index contributed by atoms with van der Waals surface area (Å²) in [6.07, 6.45) is -3.28. The molecule has 0 unspecified atom stereocenters. The first-order valence-corrected chi connectivity index (χ1v) is 8.85. The van der Waals surface area contributed by atoms with Crippen molar-refractivity contribution in [3.05, 3.63) is 54.1 Å². The Kier molecular flexibility index (Phi) is 7.51. The third-order valence-electron chi connectivity index (χ3n) is 4.73. The van der Waals surface area contributed by atoms with E-state index in [1.165, 1.54) is 19.2 Å². The highest BCUT2D eigenvalue weighted by Crippen LogP contribution is 2.33. The van der Waals surface area contributed by atoms with Crippen molar-refractivity contribution in [1.29, 1.82) is 0 Å². The Balaban J connectivity index is 0.00000300. The molecule has 0 aromatic heterocycles. The molecule has 1 amide bonds. The van der Waals surface area contributed by atoms with Gasteiger partial charge in [-0.2, -0.15) is 13.2 Å². The second-order valence-electron chi connectivity index (χ2n) is 6.55. The Morgan fingerprint density at radius 1 is 1.07 bits per heavy atom. The molecule has 1 fully saturated rings. The lowest BCUT2D eigenvalue weighted by Gasteiger charge is -2.34. The van der Waals surface area contributed by atoms with Crippen molar-refractivity contribution in [3.8, 4) is 11.5 Å². The van der Waals surface area contributed by atoms with E-state index in [1.54, 1.807) is 24.3 Å². The van der Waals surface area contributed by atoms with Crippen LogP contribution in [0.4, 0.5) is 18.9 Å². The average Bonchev–Trinajstić information content (AvgIpc) is 2.69. The summed E-state index contributed by atoms with van der Waals surface area (Å²) in [5.41, 5.74) is -1.09. The molecule has 0 atom stereocenters. The molecule has 1 heterocycles. The lowest BCUT2D eigenvalue weighted by Crippen LogP contribution is -2.51. The quantitative estimate of drug-likeness (QED) is 0.726. The van der Waals surface area contributed by atoms with Crippen LogP contribution in [0.2, 0.25) is 0 Å². The molecule has 3 rings (SSSR count). The van der Waals surface area contributed by atoms with Gasteiger partial charge in [-0.25, -0.2) is 0 Å². The van der Waals surface area contributed by atoms with Crippen molar-refractivity contribution in [2.24, 2.45) is 0 Å². The molecule has 1 aliphatic heterocycles. The largest absolute Gasteiger partial charge is 0.457 e. The zero-order valence-corrected chi connectivity index (χ0v) is 16.5. The first-order valence-electron chi connectivity index (χ1n) is 8.85.